The number of rotatable bonds is 3. The Morgan fingerprint density at radius 1 is 1.00 bits per heavy atom. The van der Waals surface area contributed by atoms with Gasteiger partial charge in [0.2, 0.25) is 0 Å². The van der Waals surface area contributed by atoms with Crippen molar-refractivity contribution in [2.75, 3.05) is 6.61 Å². The number of carbonyl (C=O) groups excluding carboxylic acids is 1. The number of aromatic hydroxyl groups is 1. The molecule has 3 aromatic carbocycles. The van der Waals surface area contributed by atoms with E-state index in [0.717, 1.165) is 48.6 Å². The number of nitrogens with zero attached hydrogens (tertiary/aromatic N) is 1. The lowest BCUT2D eigenvalue weighted by Gasteiger charge is -2.52. The molecule has 212 valence electrons. The number of carbonyl (C=O) groups is 1. The van der Waals surface area contributed by atoms with Crippen molar-refractivity contribution in [3.8, 4) is 28.8 Å². The lowest BCUT2D eigenvalue weighted by molar-refractivity contribution is -0.0649. The number of aliphatic hydroxyl groups is 1. The summed E-state index contributed by atoms with van der Waals surface area (Å²) >= 11 is 0. The van der Waals surface area contributed by atoms with Crippen molar-refractivity contribution < 1.29 is 19.7 Å². The fourth-order valence-corrected chi connectivity index (χ4v) is 8.25. The van der Waals surface area contributed by atoms with Gasteiger partial charge in [0, 0.05) is 16.4 Å². The summed E-state index contributed by atoms with van der Waals surface area (Å²) in [4.78, 5) is 18.0. The van der Waals surface area contributed by atoms with Crippen LogP contribution in [0.4, 0.5) is 0 Å². The first-order valence-electron chi connectivity index (χ1n) is 15.0. The molecule has 3 aliphatic rings. The molecule has 2 N–H and O–H groups in total. The number of hydrogen-bond donors (Lipinski definition) is 2. The fraction of sp³-hybridized carbons (Fsp3) is 0.351. The van der Waals surface area contributed by atoms with Crippen molar-refractivity contribution in [3.05, 3.63) is 95.6 Å². The summed E-state index contributed by atoms with van der Waals surface area (Å²) in [7, 11) is 0. The van der Waals surface area contributed by atoms with Gasteiger partial charge < -0.3 is 14.9 Å². The average Bonchev–Trinajstić information content (AvgIpc) is 3.29. The Morgan fingerprint density at radius 2 is 1.81 bits per heavy atom. The molecule has 5 atom stereocenters. The zero-order valence-electron chi connectivity index (χ0n) is 23.8. The van der Waals surface area contributed by atoms with E-state index in [1.165, 1.54) is 11.1 Å². The van der Waals surface area contributed by atoms with Crippen LogP contribution in [-0.2, 0) is 11.2 Å². The molecule has 0 unspecified atom stereocenters. The van der Waals surface area contributed by atoms with Gasteiger partial charge in [0.05, 0.1) is 16.8 Å². The fourth-order valence-electron chi connectivity index (χ4n) is 8.25. The van der Waals surface area contributed by atoms with Gasteiger partial charge in [-0.05, 0) is 91.7 Å². The summed E-state index contributed by atoms with van der Waals surface area (Å²) in [5, 5.41) is 22.6. The first kappa shape index (κ1) is 26.7. The van der Waals surface area contributed by atoms with Crippen LogP contribution < -0.4 is 0 Å². The van der Waals surface area contributed by atoms with E-state index in [2.05, 4.69) is 24.8 Å². The van der Waals surface area contributed by atoms with E-state index >= 15 is 0 Å². The minimum atomic E-state index is -1.10. The van der Waals surface area contributed by atoms with Crippen LogP contribution in [0.15, 0.2) is 78.9 Å². The van der Waals surface area contributed by atoms with E-state index in [-0.39, 0.29) is 12.0 Å². The molecule has 0 aliphatic heterocycles. The molecular weight excluding hydrogens is 522 g/mol. The standard InChI is InChI=1S/C37H35NO4/c1-36-19-16-28-27-15-13-26(39)22-25(27)12-14-29(28)32(36)17-20-37(36,41)18-7-21-42-35(40)31-23-34(24-8-3-2-4-9-24)38-33-11-6-5-10-30(31)33/h2-6,8-11,13,15,22-23,28-29,32,39,41H,12,14,16-17,19-21H2,1H3/t28-,29-,32+,36+,37+/m1/s1. The van der Waals surface area contributed by atoms with Crippen LogP contribution >= 0.6 is 0 Å². The van der Waals surface area contributed by atoms with Gasteiger partial charge in [-0.2, -0.15) is 0 Å². The first-order valence-corrected chi connectivity index (χ1v) is 15.0. The lowest BCUT2D eigenvalue weighted by Crippen LogP contribution is -2.50. The molecule has 5 heteroatoms. The number of hydrogen-bond acceptors (Lipinski definition) is 5. The second-order valence-electron chi connectivity index (χ2n) is 12.5. The number of aryl methyl sites for hydroxylation is 1. The number of ether oxygens (including phenoxy) is 1. The molecule has 2 fully saturated rings. The monoisotopic (exact) mass is 557 g/mol. The number of para-hydroxylation sites is 1. The van der Waals surface area contributed by atoms with Gasteiger partial charge in [-0.25, -0.2) is 9.78 Å². The number of phenolic OH excluding ortho intramolecular Hbond substituents is 1. The molecule has 1 heterocycles. The molecule has 0 amide bonds. The van der Waals surface area contributed by atoms with Crippen LogP contribution in [0.1, 0.15) is 66.4 Å². The third kappa shape index (κ3) is 4.37. The molecule has 0 bridgehead atoms. The maximum Gasteiger partial charge on any atom is 0.339 e. The second-order valence-corrected chi connectivity index (χ2v) is 12.5. The van der Waals surface area contributed by atoms with Crippen molar-refractivity contribution >= 4 is 16.9 Å². The van der Waals surface area contributed by atoms with E-state index in [1.54, 1.807) is 6.07 Å². The Labute approximate surface area is 246 Å². The minimum Gasteiger partial charge on any atom is -0.508 e. The summed E-state index contributed by atoms with van der Waals surface area (Å²) in [5.74, 6) is 7.47. The molecule has 2 saturated carbocycles. The SMILES string of the molecule is C[C@]12CC[C@@H]3c4ccc(O)cc4CC[C@H]3[C@@H]1CC[C@@]2(O)C#CCOC(=O)c1cc(-c2ccccc2)nc2ccccc12. The van der Waals surface area contributed by atoms with E-state index in [1.807, 2.05) is 66.7 Å². The molecule has 0 spiro atoms. The van der Waals surface area contributed by atoms with Crippen LogP contribution in [0.25, 0.3) is 22.2 Å². The van der Waals surface area contributed by atoms with Gasteiger partial charge in [0.1, 0.15) is 11.4 Å². The predicted molar refractivity (Wildman–Crippen MR) is 163 cm³/mol. The summed E-state index contributed by atoms with van der Waals surface area (Å²) < 4.78 is 5.66. The van der Waals surface area contributed by atoms with Gasteiger partial charge in [-0.15, -0.1) is 0 Å². The maximum atomic E-state index is 13.3. The molecule has 1 aromatic heterocycles. The number of phenols is 1. The highest BCUT2D eigenvalue weighted by Crippen LogP contribution is 2.64. The lowest BCUT2D eigenvalue weighted by atomic mass is 9.53. The van der Waals surface area contributed by atoms with Gasteiger partial charge in [0.15, 0.2) is 6.61 Å². The van der Waals surface area contributed by atoms with E-state index in [4.69, 9.17) is 9.72 Å². The number of esters is 1. The van der Waals surface area contributed by atoms with Crippen LogP contribution in [0.5, 0.6) is 5.75 Å². The number of fused-ring (bicyclic) bond motifs is 6. The van der Waals surface area contributed by atoms with Crippen molar-refractivity contribution in [1.82, 2.24) is 4.98 Å². The topological polar surface area (TPSA) is 79.6 Å². The molecule has 0 radical (unpaired) electrons. The molecule has 0 saturated heterocycles. The van der Waals surface area contributed by atoms with Crippen LogP contribution in [-0.4, -0.2) is 33.4 Å². The Hall–Kier alpha value is -4.14. The Morgan fingerprint density at radius 3 is 2.67 bits per heavy atom. The van der Waals surface area contributed by atoms with Gasteiger partial charge >= 0.3 is 5.97 Å². The highest BCUT2D eigenvalue weighted by molar-refractivity contribution is 6.04. The van der Waals surface area contributed by atoms with Crippen molar-refractivity contribution in [2.45, 2.75) is 57.0 Å². The van der Waals surface area contributed by atoms with E-state index < -0.39 is 11.6 Å². The highest BCUT2D eigenvalue weighted by atomic mass is 16.5. The number of aromatic nitrogens is 1. The molecule has 42 heavy (non-hydrogen) atoms. The Bertz CT molecular complexity index is 1740. The maximum absolute atomic E-state index is 13.3. The zero-order valence-corrected chi connectivity index (χ0v) is 23.8. The quantitative estimate of drug-likeness (QED) is 0.208. The molecule has 4 aromatic rings. The molecular formula is C37H35NO4. The largest absolute Gasteiger partial charge is 0.508 e. The van der Waals surface area contributed by atoms with Crippen molar-refractivity contribution in [1.29, 1.82) is 0 Å². The Kier molecular flexibility index (Phi) is 6.55. The second kappa shape index (κ2) is 10.3. The third-order valence-corrected chi connectivity index (χ3v) is 10.4. The minimum absolute atomic E-state index is 0.0812. The Balaban J connectivity index is 1.08. The van der Waals surface area contributed by atoms with Crippen LogP contribution in [0, 0.1) is 29.1 Å². The summed E-state index contributed by atoms with van der Waals surface area (Å²) in [6.07, 6.45) is 5.53. The van der Waals surface area contributed by atoms with Crippen molar-refractivity contribution in [3.63, 3.8) is 0 Å². The predicted octanol–water partition coefficient (Wildman–Crippen LogP) is 7.06. The zero-order chi connectivity index (χ0) is 28.9. The van der Waals surface area contributed by atoms with Gasteiger partial charge in [-0.1, -0.05) is 73.4 Å². The first-order chi connectivity index (χ1) is 20.4. The van der Waals surface area contributed by atoms with E-state index in [0.29, 0.717) is 41.2 Å². The van der Waals surface area contributed by atoms with Crippen molar-refractivity contribution in [2.24, 2.45) is 17.3 Å². The summed E-state index contributed by atoms with van der Waals surface area (Å²) in [6, 6.07) is 25.0. The molecule has 7 rings (SSSR count). The number of benzene rings is 3. The highest BCUT2D eigenvalue weighted by Gasteiger charge is 2.61. The van der Waals surface area contributed by atoms with Gasteiger partial charge in [-0.3, -0.25) is 0 Å². The summed E-state index contributed by atoms with van der Waals surface area (Å²) in [5.41, 5.74) is 4.07. The average molecular weight is 558 g/mol. The third-order valence-electron chi connectivity index (χ3n) is 10.4. The normalized spacial score (nSPS) is 27.7. The molecule has 3 aliphatic carbocycles. The van der Waals surface area contributed by atoms with Crippen LogP contribution in [0.2, 0.25) is 0 Å². The summed E-state index contributed by atoms with van der Waals surface area (Å²) in [6.45, 7) is 2.13. The smallest absolute Gasteiger partial charge is 0.339 e. The number of pyridine rings is 1. The van der Waals surface area contributed by atoms with E-state index in [9.17, 15) is 15.0 Å². The van der Waals surface area contributed by atoms with Gasteiger partial charge in [0.25, 0.3) is 0 Å². The molecule has 5 nitrogen and oxygen atoms in total. The van der Waals surface area contributed by atoms with Crippen LogP contribution in [0.3, 0.4) is 0 Å².